The molecule has 0 aliphatic carbocycles. The number of aryl methyl sites for hydroxylation is 1. The van der Waals surface area contributed by atoms with Gasteiger partial charge in [-0.25, -0.2) is 9.67 Å². The van der Waals surface area contributed by atoms with Gasteiger partial charge in [0.05, 0.1) is 5.69 Å². The fourth-order valence-corrected chi connectivity index (χ4v) is 3.35. The summed E-state index contributed by atoms with van der Waals surface area (Å²) >= 11 is 0. The number of likely N-dealkylation sites (N-methyl/N-ethyl adjacent to an activating group) is 1. The topological polar surface area (TPSA) is 66.3 Å². The van der Waals surface area contributed by atoms with E-state index in [1.807, 2.05) is 25.1 Å². The van der Waals surface area contributed by atoms with Gasteiger partial charge in [0.25, 0.3) is 5.91 Å². The predicted molar refractivity (Wildman–Crippen MR) is 110 cm³/mol. The summed E-state index contributed by atoms with van der Waals surface area (Å²) in [7, 11) is 2.15. The normalized spacial score (nSPS) is 14.9. The van der Waals surface area contributed by atoms with Gasteiger partial charge in [-0.15, -0.1) is 0 Å². The molecule has 1 N–H and O–H groups in total. The molecule has 0 bridgehead atoms. The molecule has 0 spiro atoms. The van der Waals surface area contributed by atoms with Crippen LogP contribution in [0, 0.1) is 6.92 Å². The molecule has 3 aromatic rings. The highest BCUT2D eigenvalue weighted by Gasteiger charge is 2.15. The fraction of sp³-hybridized carbons (Fsp3) is 0.286. The molecule has 144 valence electrons. The Morgan fingerprint density at radius 1 is 1.00 bits per heavy atom. The summed E-state index contributed by atoms with van der Waals surface area (Å²) in [6, 6.07) is 13.5. The summed E-state index contributed by atoms with van der Waals surface area (Å²) in [4.78, 5) is 21.3. The minimum Gasteiger partial charge on any atom is -0.369 e. The molecule has 0 radical (unpaired) electrons. The molecule has 1 aromatic heterocycles. The Morgan fingerprint density at radius 3 is 2.36 bits per heavy atom. The first-order valence-electron chi connectivity index (χ1n) is 9.41. The van der Waals surface area contributed by atoms with E-state index in [4.69, 9.17) is 0 Å². The summed E-state index contributed by atoms with van der Waals surface area (Å²) in [5.41, 5.74) is 4.57. The van der Waals surface area contributed by atoms with Gasteiger partial charge in [-0.2, -0.15) is 5.10 Å². The van der Waals surface area contributed by atoms with Crippen LogP contribution in [-0.4, -0.2) is 58.8 Å². The maximum Gasteiger partial charge on any atom is 0.255 e. The van der Waals surface area contributed by atoms with E-state index in [9.17, 15) is 4.79 Å². The first-order chi connectivity index (χ1) is 13.6. The smallest absolute Gasteiger partial charge is 0.255 e. The molecule has 4 rings (SSSR count). The SMILES string of the molecule is Cc1cc(N2CCN(C)CC2)ccc1NC(=O)c1ccc(-n2cncn2)cc1. The van der Waals surface area contributed by atoms with Crippen molar-refractivity contribution in [3.63, 3.8) is 0 Å². The van der Waals surface area contributed by atoms with Crippen molar-refractivity contribution in [1.29, 1.82) is 0 Å². The zero-order chi connectivity index (χ0) is 19.5. The number of hydrogen-bond acceptors (Lipinski definition) is 5. The molecule has 1 aliphatic heterocycles. The number of nitrogens with zero attached hydrogens (tertiary/aromatic N) is 5. The standard InChI is InChI=1S/C21H24N6O/c1-16-13-19(26-11-9-25(2)10-12-26)7-8-20(16)24-21(28)17-3-5-18(6-4-17)27-15-22-14-23-27/h3-8,13-15H,9-12H2,1-2H3,(H,24,28). The Balaban J connectivity index is 1.44. The Kier molecular flexibility index (Phi) is 5.08. The van der Waals surface area contributed by atoms with Crippen molar-refractivity contribution in [2.75, 3.05) is 43.4 Å². The first kappa shape index (κ1) is 18.2. The number of piperazine rings is 1. The lowest BCUT2D eigenvalue weighted by molar-refractivity contribution is 0.102. The maximum absolute atomic E-state index is 12.6. The van der Waals surface area contributed by atoms with Crippen LogP contribution in [0.5, 0.6) is 0 Å². The van der Waals surface area contributed by atoms with Crippen LogP contribution in [0.1, 0.15) is 15.9 Å². The third-order valence-corrected chi connectivity index (χ3v) is 5.14. The van der Waals surface area contributed by atoms with Crippen LogP contribution in [0.3, 0.4) is 0 Å². The largest absolute Gasteiger partial charge is 0.369 e. The number of benzene rings is 2. The van der Waals surface area contributed by atoms with E-state index in [0.29, 0.717) is 5.56 Å². The van der Waals surface area contributed by atoms with Crippen LogP contribution < -0.4 is 10.2 Å². The van der Waals surface area contributed by atoms with Crippen molar-refractivity contribution < 1.29 is 4.79 Å². The van der Waals surface area contributed by atoms with Gasteiger partial charge in [0.1, 0.15) is 12.7 Å². The van der Waals surface area contributed by atoms with Crippen LogP contribution in [0.2, 0.25) is 0 Å². The molecule has 0 atom stereocenters. The molecule has 0 saturated carbocycles. The van der Waals surface area contributed by atoms with Crippen molar-refractivity contribution >= 4 is 17.3 Å². The van der Waals surface area contributed by atoms with Crippen LogP contribution in [0.4, 0.5) is 11.4 Å². The van der Waals surface area contributed by atoms with Crippen molar-refractivity contribution in [2.24, 2.45) is 0 Å². The van der Waals surface area contributed by atoms with E-state index in [1.54, 1.807) is 23.1 Å². The third-order valence-electron chi connectivity index (χ3n) is 5.14. The Hall–Kier alpha value is -3.19. The zero-order valence-corrected chi connectivity index (χ0v) is 16.2. The van der Waals surface area contributed by atoms with E-state index in [2.05, 4.69) is 44.4 Å². The molecule has 0 unspecified atom stereocenters. The van der Waals surface area contributed by atoms with Crippen molar-refractivity contribution in [3.8, 4) is 5.69 Å². The lowest BCUT2D eigenvalue weighted by Gasteiger charge is -2.34. The maximum atomic E-state index is 12.6. The number of carbonyl (C=O) groups excluding carboxylic acids is 1. The molecule has 2 aromatic carbocycles. The molecule has 1 aliphatic rings. The summed E-state index contributed by atoms with van der Waals surface area (Å²) < 4.78 is 1.66. The number of nitrogens with one attached hydrogen (secondary N) is 1. The highest BCUT2D eigenvalue weighted by atomic mass is 16.1. The lowest BCUT2D eigenvalue weighted by Crippen LogP contribution is -2.44. The number of rotatable bonds is 4. The first-order valence-corrected chi connectivity index (χ1v) is 9.41. The predicted octanol–water partition coefficient (Wildman–Crippen LogP) is 2.58. The van der Waals surface area contributed by atoms with Crippen LogP contribution in [0.25, 0.3) is 5.69 Å². The third kappa shape index (κ3) is 3.89. The highest BCUT2D eigenvalue weighted by molar-refractivity contribution is 6.04. The van der Waals surface area contributed by atoms with Gasteiger partial charge < -0.3 is 15.1 Å². The number of hydrogen-bond donors (Lipinski definition) is 1. The molecule has 7 nitrogen and oxygen atoms in total. The van der Waals surface area contributed by atoms with Crippen molar-refractivity contribution in [3.05, 3.63) is 66.2 Å². The molecule has 1 fully saturated rings. The average Bonchev–Trinajstić information content (AvgIpc) is 3.25. The van der Waals surface area contributed by atoms with E-state index < -0.39 is 0 Å². The second-order valence-corrected chi connectivity index (χ2v) is 7.13. The van der Waals surface area contributed by atoms with Gasteiger partial charge in [-0.1, -0.05) is 0 Å². The van der Waals surface area contributed by atoms with Crippen LogP contribution in [-0.2, 0) is 0 Å². The van der Waals surface area contributed by atoms with E-state index in [0.717, 1.165) is 43.1 Å². The number of carbonyl (C=O) groups is 1. The minimum absolute atomic E-state index is 0.124. The molecule has 2 heterocycles. The van der Waals surface area contributed by atoms with Gasteiger partial charge in [0.15, 0.2) is 0 Å². The zero-order valence-electron chi connectivity index (χ0n) is 16.2. The van der Waals surface area contributed by atoms with Gasteiger partial charge in [-0.05, 0) is 62.0 Å². The van der Waals surface area contributed by atoms with Crippen LogP contribution in [0.15, 0.2) is 55.1 Å². The second-order valence-electron chi connectivity index (χ2n) is 7.13. The van der Waals surface area contributed by atoms with Crippen molar-refractivity contribution in [2.45, 2.75) is 6.92 Å². The fourth-order valence-electron chi connectivity index (χ4n) is 3.35. The quantitative estimate of drug-likeness (QED) is 0.758. The summed E-state index contributed by atoms with van der Waals surface area (Å²) in [6.45, 7) is 6.23. The van der Waals surface area contributed by atoms with Gasteiger partial charge in [0, 0.05) is 43.1 Å². The molecule has 1 saturated heterocycles. The Bertz CT molecular complexity index is 944. The Labute approximate surface area is 164 Å². The molecule has 1 amide bonds. The summed E-state index contributed by atoms with van der Waals surface area (Å²) in [6.07, 6.45) is 3.11. The minimum atomic E-state index is -0.124. The molecule has 28 heavy (non-hydrogen) atoms. The van der Waals surface area contributed by atoms with Gasteiger partial charge in [-0.3, -0.25) is 4.79 Å². The van der Waals surface area contributed by atoms with Crippen LogP contribution >= 0.6 is 0 Å². The monoisotopic (exact) mass is 376 g/mol. The van der Waals surface area contributed by atoms with Gasteiger partial charge in [0.2, 0.25) is 0 Å². The second kappa shape index (κ2) is 7.82. The van der Waals surface area contributed by atoms with Crippen molar-refractivity contribution in [1.82, 2.24) is 19.7 Å². The summed E-state index contributed by atoms with van der Waals surface area (Å²) in [5, 5.41) is 7.11. The number of amides is 1. The molecular formula is C21H24N6O. The lowest BCUT2D eigenvalue weighted by atomic mass is 10.1. The summed E-state index contributed by atoms with van der Waals surface area (Å²) in [5.74, 6) is -0.124. The average molecular weight is 376 g/mol. The Morgan fingerprint density at radius 2 is 1.71 bits per heavy atom. The highest BCUT2D eigenvalue weighted by Crippen LogP contribution is 2.24. The van der Waals surface area contributed by atoms with E-state index in [-0.39, 0.29) is 5.91 Å². The van der Waals surface area contributed by atoms with E-state index in [1.165, 1.54) is 12.0 Å². The number of aromatic nitrogens is 3. The number of anilines is 2. The molecular weight excluding hydrogens is 352 g/mol. The van der Waals surface area contributed by atoms with E-state index >= 15 is 0 Å². The van der Waals surface area contributed by atoms with Gasteiger partial charge >= 0.3 is 0 Å². The molecule has 7 heteroatoms.